The van der Waals surface area contributed by atoms with E-state index in [1.165, 1.54) is 128 Å². The zero-order valence-corrected chi connectivity index (χ0v) is 26.5. The number of hydrogen-bond donors (Lipinski definition) is 0. The van der Waals surface area contributed by atoms with E-state index >= 15 is 0 Å². The molecule has 0 nitrogen and oxygen atoms in total. The Kier molecular flexibility index (Phi) is 16.7. The van der Waals surface area contributed by atoms with Crippen molar-refractivity contribution in [2.24, 2.45) is 0 Å². The second-order valence-corrected chi connectivity index (χ2v) is 11.9. The standard InChI is InChI=1S/C38H62/c1-7-13-19-31-27-33(21-15-9-3)37(34(28-31)22-16-10-4)25-26-38-35(23-17-11-5)29-32(20-14-8-2)30-36(38)24-18-12-6/h27-30H,7-26H2,1-6H3. The fraction of sp³-hybridized carbons (Fsp3) is 0.684. The van der Waals surface area contributed by atoms with Gasteiger partial charge in [-0.15, -0.1) is 0 Å². The van der Waals surface area contributed by atoms with Gasteiger partial charge >= 0.3 is 0 Å². The molecule has 0 heteroatoms. The van der Waals surface area contributed by atoms with Gasteiger partial charge in [-0.3, -0.25) is 0 Å². The van der Waals surface area contributed by atoms with Gasteiger partial charge in [0, 0.05) is 0 Å². The van der Waals surface area contributed by atoms with E-state index < -0.39 is 0 Å². The molecule has 0 N–H and O–H groups in total. The second-order valence-electron chi connectivity index (χ2n) is 11.9. The maximum absolute atomic E-state index is 2.61. The molecule has 2 rings (SSSR count). The fourth-order valence-corrected chi connectivity index (χ4v) is 6.04. The highest BCUT2D eigenvalue weighted by atomic mass is 14.2. The summed E-state index contributed by atoms with van der Waals surface area (Å²) in [4.78, 5) is 0. The van der Waals surface area contributed by atoms with Crippen LogP contribution in [0, 0.1) is 0 Å². The Hall–Kier alpha value is -1.56. The first-order valence-electron chi connectivity index (χ1n) is 16.9. The SMILES string of the molecule is CCCCc1cc(CCCC)c(CCc2c(CCCC)cc(CCCC)cc2CCCC)c(CCCC)c1. The lowest BCUT2D eigenvalue weighted by atomic mass is 9.84. The maximum Gasteiger partial charge on any atom is -0.0233 e. The summed E-state index contributed by atoms with van der Waals surface area (Å²) < 4.78 is 0. The zero-order chi connectivity index (χ0) is 27.6. The van der Waals surface area contributed by atoms with Crippen molar-refractivity contribution < 1.29 is 0 Å². The highest BCUT2D eigenvalue weighted by Crippen LogP contribution is 2.29. The lowest BCUT2D eigenvalue weighted by Gasteiger charge is -2.21. The van der Waals surface area contributed by atoms with Gasteiger partial charge in [-0.1, -0.05) is 104 Å². The molecule has 0 heterocycles. The van der Waals surface area contributed by atoms with Gasteiger partial charge in [-0.25, -0.2) is 0 Å². The van der Waals surface area contributed by atoms with Crippen molar-refractivity contribution in [1.29, 1.82) is 0 Å². The fourth-order valence-electron chi connectivity index (χ4n) is 6.04. The van der Waals surface area contributed by atoms with Crippen LogP contribution in [0.2, 0.25) is 0 Å². The highest BCUT2D eigenvalue weighted by Gasteiger charge is 2.16. The minimum absolute atomic E-state index is 1.22. The Morgan fingerprint density at radius 2 is 0.553 bits per heavy atom. The average Bonchev–Trinajstić information content (AvgIpc) is 2.94. The average molecular weight is 519 g/mol. The number of unbranched alkanes of at least 4 members (excludes halogenated alkanes) is 6. The van der Waals surface area contributed by atoms with Crippen molar-refractivity contribution >= 4 is 0 Å². The molecule has 0 bridgehead atoms. The van der Waals surface area contributed by atoms with Crippen LogP contribution >= 0.6 is 0 Å². The van der Waals surface area contributed by atoms with Crippen molar-refractivity contribution in [3.8, 4) is 0 Å². The molecule has 0 aromatic heterocycles. The minimum Gasteiger partial charge on any atom is -0.0654 e. The van der Waals surface area contributed by atoms with Crippen molar-refractivity contribution in [2.75, 3.05) is 0 Å². The summed E-state index contributed by atoms with van der Waals surface area (Å²) in [5, 5.41) is 0. The summed E-state index contributed by atoms with van der Waals surface area (Å²) in [6.07, 6.45) is 25.5. The van der Waals surface area contributed by atoms with Gasteiger partial charge in [0.2, 0.25) is 0 Å². The maximum atomic E-state index is 2.61. The van der Waals surface area contributed by atoms with E-state index in [1.54, 1.807) is 44.5 Å². The van der Waals surface area contributed by atoms with E-state index in [1.807, 2.05) is 0 Å². The van der Waals surface area contributed by atoms with E-state index in [-0.39, 0.29) is 0 Å². The van der Waals surface area contributed by atoms with Gasteiger partial charge in [0.05, 0.1) is 0 Å². The Balaban J connectivity index is 2.50. The van der Waals surface area contributed by atoms with Gasteiger partial charge in [0.15, 0.2) is 0 Å². The van der Waals surface area contributed by atoms with Crippen LogP contribution in [0.1, 0.15) is 163 Å². The monoisotopic (exact) mass is 518 g/mol. The largest absolute Gasteiger partial charge is 0.0654 e. The van der Waals surface area contributed by atoms with Crippen LogP contribution in [0.3, 0.4) is 0 Å². The molecule has 2 aromatic carbocycles. The van der Waals surface area contributed by atoms with Crippen molar-refractivity contribution in [1.82, 2.24) is 0 Å². The van der Waals surface area contributed by atoms with Crippen molar-refractivity contribution in [2.45, 2.75) is 170 Å². The van der Waals surface area contributed by atoms with Gasteiger partial charge in [-0.2, -0.15) is 0 Å². The Labute approximate surface area is 238 Å². The topological polar surface area (TPSA) is 0 Å². The summed E-state index contributed by atoms with van der Waals surface area (Å²) in [7, 11) is 0. The van der Waals surface area contributed by atoms with E-state index in [4.69, 9.17) is 0 Å². The van der Waals surface area contributed by atoms with Crippen LogP contribution in [0.15, 0.2) is 24.3 Å². The van der Waals surface area contributed by atoms with Crippen LogP contribution in [-0.2, 0) is 51.4 Å². The Bertz CT molecular complexity index is 769. The molecule has 2 aromatic rings. The summed E-state index contributed by atoms with van der Waals surface area (Å²) in [5.74, 6) is 0. The van der Waals surface area contributed by atoms with Crippen LogP contribution in [0.4, 0.5) is 0 Å². The molecular weight excluding hydrogens is 456 g/mol. The van der Waals surface area contributed by atoms with Gasteiger partial charge < -0.3 is 0 Å². The molecule has 0 aliphatic rings. The smallest absolute Gasteiger partial charge is 0.0233 e. The number of aryl methyl sites for hydroxylation is 6. The van der Waals surface area contributed by atoms with E-state index in [0.717, 1.165) is 0 Å². The highest BCUT2D eigenvalue weighted by molar-refractivity contribution is 5.44. The first-order valence-corrected chi connectivity index (χ1v) is 16.9. The third-order valence-electron chi connectivity index (χ3n) is 8.45. The lowest BCUT2D eigenvalue weighted by Crippen LogP contribution is -2.09. The summed E-state index contributed by atoms with van der Waals surface area (Å²) in [5.41, 5.74) is 13.3. The normalized spacial score (nSPS) is 11.4. The first-order chi connectivity index (χ1) is 18.6. The number of hydrogen-bond acceptors (Lipinski definition) is 0. The third kappa shape index (κ3) is 10.9. The molecule has 0 radical (unpaired) electrons. The number of benzene rings is 2. The van der Waals surface area contributed by atoms with Gasteiger partial charge in [0.1, 0.15) is 0 Å². The van der Waals surface area contributed by atoms with E-state index in [2.05, 4.69) is 65.8 Å². The molecule has 0 fully saturated rings. The molecule has 0 amide bonds. The van der Waals surface area contributed by atoms with Crippen LogP contribution in [-0.4, -0.2) is 0 Å². The van der Waals surface area contributed by atoms with Gasteiger partial charge in [0.25, 0.3) is 0 Å². The molecular formula is C38H62. The predicted molar refractivity (Wildman–Crippen MR) is 172 cm³/mol. The second kappa shape index (κ2) is 19.5. The lowest BCUT2D eigenvalue weighted by molar-refractivity contribution is 0.734. The van der Waals surface area contributed by atoms with Gasteiger partial charge in [-0.05, 0) is 134 Å². The zero-order valence-electron chi connectivity index (χ0n) is 26.5. The molecule has 38 heavy (non-hydrogen) atoms. The molecule has 0 saturated heterocycles. The quantitative estimate of drug-likeness (QED) is 0.154. The molecule has 0 atom stereocenters. The van der Waals surface area contributed by atoms with Crippen molar-refractivity contribution in [3.63, 3.8) is 0 Å². The number of rotatable bonds is 21. The van der Waals surface area contributed by atoms with Crippen molar-refractivity contribution in [3.05, 3.63) is 68.8 Å². The van der Waals surface area contributed by atoms with Crippen LogP contribution < -0.4 is 0 Å². The third-order valence-corrected chi connectivity index (χ3v) is 8.45. The van der Waals surface area contributed by atoms with E-state index in [9.17, 15) is 0 Å². The summed E-state index contributed by atoms with van der Waals surface area (Å²) >= 11 is 0. The van der Waals surface area contributed by atoms with Crippen LogP contribution in [0.25, 0.3) is 0 Å². The Morgan fingerprint density at radius 3 is 0.789 bits per heavy atom. The summed E-state index contributed by atoms with van der Waals surface area (Å²) in [6, 6.07) is 10.4. The molecule has 214 valence electrons. The first kappa shape index (κ1) is 32.7. The van der Waals surface area contributed by atoms with Crippen LogP contribution in [0.5, 0.6) is 0 Å². The molecule has 0 unspecified atom stereocenters. The van der Waals surface area contributed by atoms with E-state index in [0.29, 0.717) is 0 Å². The summed E-state index contributed by atoms with van der Waals surface area (Å²) in [6.45, 7) is 14.0. The molecule has 0 aliphatic heterocycles. The Morgan fingerprint density at radius 1 is 0.316 bits per heavy atom. The molecule has 0 aliphatic carbocycles. The predicted octanol–water partition coefficient (Wildman–Crippen LogP) is 11.5. The molecule has 0 saturated carbocycles. The molecule has 0 spiro atoms. The minimum atomic E-state index is 1.22.